The Morgan fingerprint density at radius 1 is 0.950 bits per heavy atom. The first-order valence-corrected chi connectivity index (χ1v) is 8.95. The summed E-state index contributed by atoms with van der Waals surface area (Å²) in [6.07, 6.45) is 9.34. The number of hydrogen-bond donors (Lipinski definition) is 1. The van der Waals surface area contributed by atoms with Crippen LogP contribution in [-0.2, 0) is 4.74 Å². The van der Waals surface area contributed by atoms with Gasteiger partial charge in [-0.15, -0.1) is 0 Å². The van der Waals surface area contributed by atoms with Gasteiger partial charge in [0.25, 0.3) is 0 Å². The van der Waals surface area contributed by atoms with Gasteiger partial charge in [-0.1, -0.05) is 13.8 Å². The van der Waals surface area contributed by atoms with Gasteiger partial charge < -0.3 is 10.1 Å². The van der Waals surface area contributed by atoms with Crippen LogP contribution >= 0.6 is 0 Å². The van der Waals surface area contributed by atoms with Crippen molar-refractivity contribution in [1.82, 2.24) is 5.32 Å². The van der Waals surface area contributed by atoms with E-state index in [2.05, 4.69) is 26.1 Å². The van der Waals surface area contributed by atoms with Crippen LogP contribution in [0, 0.1) is 29.1 Å². The molecule has 0 aromatic rings. The molecule has 0 aromatic heterocycles. The maximum Gasteiger partial charge on any atom is 0.0655 e. The van der Waals surface area contributed by atoms with Gasteiger partial charge in [0.1, 0.15) is 0 Å². The van der Waals surface area contributed by atoms with E-state index in [1.165, 1.54) is 32.1 Å². The lowest BCUT2D eigenvalue weighted by Crippen LogP contribution is -2.66. The Labute approximate surface area is 124 Å². The molecule has 4 bridgehead atoms. The molecular weight excluding hydrogens is 246 g/mol. The van der Waals surface area contributed by atoms with Crippen LogP contribution in [0.4, 0.5) is 0 Å². The first kappa shape index (κ1) is 13.6. The highest BCUT2D eigenvalue weighted by molar-refractivity contribution is 5.08. The maximum absolute atomic E-state index is 5.89. The standard InChI is InChI=1S/C18H31NO/c1-4-20-16-10-15(18(16,2)3)19-17-13-6-11-5-12(8-13)9-14(17)7-11/h11-17,19H,4-10H2,1-3H3. The summed E-state index contributed by atoms with van der Waals surface area (Å²) < 4.78 is 5.89. The third kappa shape index (κ3) is 1.98. The van der Waals surface area contributed by atoms with Crippen molar-refractivity contribution < 1.29 is 4.74 Å². The highest BCUT2D eigenvalue weighted by atomic mass is 16.5. The Kier molecular flexibility index (Phi) is 3.20. The van der Waals surface area contributed by atoms with Crippen LogP contribution in [0.1, 0.15) is 59.3 Å². The molecule has 5 fully saturated rings. The minimum atomic E-state index is 0.324. The molecule has 5 rings (SSSR count). The minimum Gasteiger partial charge on any atom is -0.378 e. The van der Waals surface area contributed by atoms with Crippen LogP contribution in [0.3, 0.4) is 0 Å². The molecule has 0 radical (unpaired) electrons. The van der Waals surface area contributed by atoms with Gasteiger partial charge in [0, 0.05) is 24.1 Å². The van der Waals surface area contributed by atoms with Crippen LogP contribution in [0.15, 0.2) is 0 Å². The van der Waals surface area contributed by atoms with Gasteiger partial charge in [-0.2, -0.15) is 0 Å². The Morgan fingerprint density at radius 3 is 2.05 bits per heavy atom. The van der Waals surface area contributed by atoms with Gasteiger partial charge in [0.05, 0.1) is 6.10 Å². The molecule has 2 heteroatoms. The molecule has 5 aliphatic rings. The fourth-order valence-corrected chi connectivity index (χ4v) is 6.08. The third-order valence-corrected chi connectivity index (χ3v) is 7.17. The topological polar surface area (TPSA) is 21.3 Å². The molecular formula is C18H31NO. The lowest BCUT2D eigenvalue weighted by molar-refractivity contribution is -0.127. The van der Waals surface area contributed by atoms with E-state index >= 15 is 0 Å². The monoisotopic (exact) mass is 277 g/mol. The van der Waals surface area contributed by atoms with Crippen molar-refractivity contribution in [2.75, 3.05) is 6.61 Å². The second-order valence-corrected chi connectivity index (χ2v) is 8.68. The van der Waals surface area contributed by atoms with Gasteiger partial charge in [0.2, 0.25) is 0 Å². The molecule has 0 heterocycles. The fraction of sp³-hybridized carbons (Fsp3) is 1.00. The quantitative estimate of drug-likeness (QED) is 0.847. The average molecular weight is 277 g/mol. The van der Waals surface area contributed by atoms with Crippen molar-refractivity contribution in [2.45, 2.75) is 77.5 Å². The molecule has 114 valence electrons. The molecule has 5 saturated carbocycles. The fourth-order valence-electron chi connectivity index (χ4n) is 6.08. The van der Waals surface area contributed by atoms with E-state index in [0.29, 0.717) is 17.6 Å². The van der Waals surface area contributed by atoms with Crippen LogP contribution < -0.4 is 5.32 Å². The molecule has 5 aliphatic carbocycles. The zero-order chi connectivity index (χ0) is 13.9. The Hall–Kier alpha value is -0.0800. The van der Waals surface area contributed by atoms with E-state index in [9.17, 15) is 0 Å². The maximum atomic E-state index is 5.89. The van der Waals surface area contributed by atoms with E-state index < -0.39 is 0 Å². The van der Waals surface area contributed by atoms with E-state index in [1.807, 2.05) is 0 Å². The Balaban J connectivity index is 1.41. The van der Waals surface area contributed by atoms with Crippen molar-refractivity contribution in [2.24, 2.45) is 29.1 Å². The molecule has 2 unspecified atom stereocenters. The molecule has 0 amide bonds. The zero-order valence-electron chi connectivity index (χ0n) is 13.4. The van der Waals surface area contributed by atoms with Crippen LogP contribution in [0.2, 0.25) is 0 Å². The number of hydrogen-bond acceptors (Lipinski definition) is 2. The van der Waals surface area contributed by atoms with Crippen LogP contribution in [-0.4, -0.2) is 24.8 Å². The minimum absolute atomic E-state index is 0.324. The predicted octanol–water partition coefficient (Wildman–Crippen LogP) is 3.60. The van der Waals surface area contributed by atoms with Crippen molar-refractivity contribution in [1.29, 1.82) is 0 Å². The summed E-state index contributed by atoms with van der Waals surface area (Å²) in [5, 5.41) is 4.10. The Morgan fingerprint density at radius 2 is 1.55 bits per heavy atom. The summed E-state index contributed by atoms with van der Waals surface area (Å²) in [4.78, 5) is 0. The van der Waals surface area contributed by atoms with E-state index in [1.54, 1.807) is 6.42 Å². The summed E-state index contributed by atoms with van der Waals surface area (Å²) >= 11 is 0. The van der Waals surface area contributed by atoms with Gasteiger partial charge >= 0.3 is 0 Å². The molecule has 2 atom stereocenters. The second-order valence-electron chi connectivity index (χ2n) is 8.68. The highest BCUT2D eigenvalue weighted by Crippen LogP contribution is 2.54. The molecule has 0 aliphatic heterocycles. The third-order valence-electron chi connectivity index (χ3n) is 7.17. The van der Waals surface area contributed by atoms with Crippen LogP contribution in [0.25, 0.3) is 0 Å². The SMILES string of the molecule is CCOC1CC(NC2C3CC4CC(C3)CC2C4)C1(C)C. The van der Waals surface area contributed by atoms with Gasteiger partial charge in [-0.3, -0.25) is 0 Å². The molecule has 0 saturated heterocycles. The summed E-state index contributed by atoms with van der Waals surface area (Å²) in [5.74, 6) is 4.16. The van der Waals surface area contributed by atoms with Crippen molar-refractivity contribution in [3.63, 3.8) is 0 Å². The van der Waals surface area contributed by atoms with Crippen molar-refractivity contribution in [3.05, 3.63) is 0 Å². The normalized spacial score (nSPS) is 52.0. The lowest BCUT2D eigenvalue weighted by Gasteiger charge is -2.59. The first-order chi connectivity index (χ1) is 9.57. The molecule has 0 aromatic carbocycles. The number of rotatable bonds is 4. The van der Waals surface area contributed by atoms with Crippen LogP contribution in [0.5, 0.6) is 0 Å². The predicted molar refractivity (Wildman–Crippen MR) is 81.6 cm³/mol. The molecule has 0 spiro atoms. The lowest BCUT2D eigenvalue weighted by atomic mass is 9.53. The number of nitrogens with one attached hydrogen (secondary N) is 1. The largest absolute Gasteiger partial charge is 0.378 e. The summed E-state index contributed by atoms with van der Waals surface area (Å²) in [5.41, 5.74) is 0.324. The summed E-state index contributed by atoms with van der Waals surface area (Å²) in [6.45, 7) is 7.77. The van der Waals surface area contributed by atoms with Gasteiger partial charge in [-0.25, -0.2) is 0 Å². The zero-order valence-corrected chi connectivity index (χ0v) is 13.4. The summed E-state index contributed by atoms with van der Waals surface area (Å²) in [6, 6.07) is 1.51. The van der Waals surface area contributed by atoms with Crippen molar-refractivity contribution >= 4 is 0 Å². The second kappa shape index (κ2) is 4.71. The highest BCUT2D eigenvalue weighted by Gasteiger charge is 2.53. The molecule has 1 N–H and O–H groups in total. The molecule has 2 nitrogen and oxygen atoms in total. The Bertz CT molecular complexity index is 350. The van der Waals surface area contributed by atoms with E-state index in [0.717, 1.165) is 36.3 Å². The van der Waals surface area contributed by atoms with E-state index in [-0.39, 0.29) is 0 Å². The van der Waals surface area contributed by atoms with E-state index in [4.69, 9.17) is 4.74 Å². The molecule has 20 heavy (non-hydrogen) atoms. The summed E-state index contributed by atoms with van der Waals surface area (Å²) in [7, 11) is 0. The van der Waals surface area contributed by atoms with Crippen molar-refractivity contribution in [3.8, 4) is 0 Å². The van der Waals surface area contributed by atoms with Gasteiger partial charge in [0.15, 0.2) is 0 Å². The smallest absolute Gasteiger partial charge is 0.0655 e. The number of ether oxygens (including phenoxy) is 1. The van der Waals surface area contributed by atoms with Gasteiger partial charge in [-0.05, 0) is 69.1 Å². The first-order valence-electron chi connectivity index (χ1n) is 8.95. The average Bonchev–Trinajstić information content (AvgIpc) is 2.39.